The Balaban J connectivity index is 2.22. The van der Waals surface area contributed by atoms with Gasteiger partial charge < -0.3 is 0 Å². The van der Waals surface area contributed by atoms with Gasteiger partial charge in [-0.15, -0.1) is 0 Å². The van der Waals surface area contributed by atoms with Gasteiger partial charge in [0.25, 0.3) is 5.78 Å². The Bertz CT molecular complexity index is 911. The number of benzene rings is 1. The lowest BCUT2D eigenvalue weighted by Gasteiger charge is -2.14. The van der Waals surface area contributed by atoms with Crippen LogP contribution in [0.3, 0.4) is 0 Å². The summed E-state index contributed by atoms with van der Waals surface area (Å²) in [4.78, 5) is 29.0. The molecule has 0 aliphatic heterocycles. The van der Waals surface area contributed by atoms with E-state index in [1.165, 1.54) is 0 Å². The van der Waals surface area contributed by atoms with Crippen LogP contribution in [0.15, 0.2) is 42.6 Å². The van der Waals surface area contributed by atoms with Crippen LogP contribution in [0.2, 0.25) is 5.02 Å². The summed E-state index contributed by atoms with van der Waals surface area (Å²) in [6.45, 7) is 0. The molecule has 5 heteroatoms. The standard InChI is InChI=1S/C15H7ClN2O2/c16-9-5-3-4-8-11(9)12-13(15(20)14(8)19)18-7-2-1-6-10(18)17-12/h1-7H. The number of hydrogen-bond acceptors (Lipinski definition) is 3. The highest BCUT2D eigenvalue weighted by Gasteiger charge is 2.35. The Morgan fingerprint density at radius 2 is 1.85 bits per heavy atom. The first kappa shape index (κ1) is 11.4. The van der Waals surface area contributed by atoms with E-state index in [1.807, 2.05) is 6.07 Å². The number of carbonyl (C=O) groups is 2. The molecule has 0 bridgehead atoms. The topological polar surface area (TPSA) is 51.4 Å². The van der Waals surface area contributed by atoms with Crippen molar-refractivity contribution in [3.05, 3.63) is 58.9 Å². The zero-order valence-electron chi connectivity index (χ0n) is 10.1. The third-order valence-electron chi connectivity index (χ3n) is 3.45. The van der Waals surface area contributed by atoms with Gasteiger partial charge in [0.05, 0.1) is 5.02 Å². The molecule has 0 spiro atoms. The smallest absolute Gasteiger partial charge is 0.252 e. The minimum absolute atomic E-state index is 0.284. The van der Waals surface area contributed by atoms with Gasteiger partial charge in [-0.2, -0.15) is 0 Å². The molecule has 1 aliphatic carbocycles. The first-order chi connectivity index (χ1) is 9.68. The molecule has 0 saturated heterocycles. The molecular weight excluding hydrogens is 276 g/mol. The molecule has 4 rings (SSSR count). The maximum absolute atomic E-state index is 12.3. The van der Waals surface area contributed by atoms with Crippen LogP contribution in [0.5, 0.6) is 0 Å². The zero-order valence-corrected chi connectivity index (χ0v) is 10.9. The van der Waals surface area contributed by atoms with Gasteiger partial charge in [-0.3, -0.25) is 14.0 Å². The largest absolute Gasteiger partial charge is 0.296 e. The van der Waals surface area contributed by atoms with Crippen LogP contribution in [0.1, 0.15) is 20.8 Å². The number of hydrogen-bond donors (Lipinski definition) is 0. The van der Waals surface area contributed by atoms with E-state index < -0.39 is 11.6 Å². The van der Waals surface area contributed by atoms with Crippen LogP contribution in [0.4, 0.5) is 0 Å². The number of aromatic nitrogens is 2. The number of nitrogens with zero attached hydrogens (tertiary/aromatic N) is 2. The first-order valence-corrected chi connectivity index (χ1v) is 6.41. The number of ketones is 2. The summed E-state index contributed by atoms with van der Waals surface area (Å²) in [5, 5.41) is 0.424. The van der Waals surface area contributed by atoms with Crippen LogP contribution in [0.25, 0.3) is 16.9 Å². The van der Waals surface area contributed by atoms with Gasteiger partial charge in [-0.1, -0.05) is 29.8 Å². The van der Waals surface area contributed by atoms with Crippen molar-refractivity contribution in [3.63, 3.8) is 0 Å². The molecule has 0 amide bonds. The van der Waals surface area contributed by atoms with Crippen molar-refractivity contribution < 1.29 is 9.59 Å². The van der Waals surface area contributed by atoms with Crippen molar-refractivity contribution in [1.82, 2.24) is 9.38 Å². The third-order valence-corrected chi connectivity index (χ3v) is 3.76. The molecule has 2 aromatic heterocycles. The fourth-order valence-electron chi connectivity index (χ4n) is 2.57. The summed E-state index contributed by atoms with van der Waals surface area (Å²) < 4.78 is 1.63. The first-order valence-electron chi connectivity index (χ1n) is 6.03. The van der Waals surface area contributed by atoms with Crippen LogP contribution in [-0.2, 0) is 0 Å². The average Bonchev–Trinajstić information content (AvgIpc) is 2.84. The van der Waals surface area contributed by atoms with Gasteiger partial charge in [-0.25, -0.2) is 4.98 Å². The zero-order chi connectivity index (χ0) is 13.9. The van der Waals surface area contributed by atoms with Crippen molar-refractivity contribution in [1.29, 1.82) is 0 Å². The summed E-state index contributed by atoms with van der Waals surface area (Å²) in [6, 6.07) is 10.4. The summed E-state index contributed by atoms with van der Waals surface area (Å²) in [5.74, 6) is -1.09. The molecule has 0 fully saturated rings. The summed E-state index contributed by atoms with van der Waals surface area (Å²) in [5.41, 5.74) is 2.23. The van der Waals surface area contributed by atoms with Gasteiger partial charge >= 0.3 is 0 Å². The fourth-order valence-corrected chi connectivity index (χ4v) is 2.84. The highest BCUT2D eigenvalue weighted by molar-refractivity contribution is 6.53. The second-order valence-corrected chi connectivity index (χ2v) is 4.97. The quantitative estimate of drug-likeness (QED) is 0.596. The highest BCUT2D eigenvalue weighted by Crippen LogP contribution is 2.38. The van der Waals surface area contributed by atoms with E-state index >= 15 is 0 Å². The summed E-state index contributed by atoms with van der Waals surface area (Å²) in [7, 11) is 0. The Labute approximate surface area is 118 Å². The number of carbonyl (C=O) groups excluding carboxylic acids is 2. The van der Waals surface area contributed by atoms with E-state index in [2.05, 4.69) is 4.98 Å². The SMILES string of the molecule is O=C1C(=O)c2c(nc3ccccn23)-c2c(Cl)cccc21. The Morgan fingerprint density at radius 1 is 1.00 bits per heavy atom. The van der Waals surface area contributed by atoms with Crippen molar-refractivity contribution in [3.8, 4) is 11.3 Å². The van der Waals surface area contributed by atoms with Gasteiger partial charge in [0.1, 0.15) is 17.0 Å². The number of rotatable bonds is 0. The van der Waals surface area contributed by atoms with Crippen molar-refractivity contribution in [2.45, 2.75) is 0 Å². The number of pyridine rings is 1. The predicted molar refractivity (Wildman–Crippen MR) is 74.3 cm³/mol. The highest BCUT2D eigenvalue weighted by atomic mass is 35.5. The lowest BCUT2D eigenvalue weighted by Crippen LogP contribution is -2.22. The van der Waals surface area contributed by atoms with Crippen LogP contribution >= 0.6 is 11.6 Å². The van der Waals surface area contributed by atoms with E-state index in [1.54, 1.807) is 40.9 Å². The monoisotopic (exact) mass is 282 g/mol. The summed E-state index contributed by atoms with van der Waals surface area (Å²) >= 11 is 6.20. The Hall–Kier alpha value is -2.46. The lowest BCUT2D eigenvalue weighted by molar-refractivity contribution is 0.0812. The van der Waals surface area contributed by atoms with Gasteiger partial charge in [0.15, 0.2) is 0 Å². The number of fused-ring (bicyclic) bond motifs is 5. The second kappa shape index (κ2) is 3.77. The molecule has 96 valence electrons. The minimum Gasteiger partial charge on any atom is -0.296 e. The molecule has 0 radical (unpaired) electrons. The lowest BCUT2D eigenvalue weighted by atomic mass is 9.90. The predicted octanol–water partition coefficient (Wildman–Crippen LogP) is 3.03. The summed E-state index contributed by atoms with van der Waals surface area (Å²) in [6.07, 6.45) is 1.72. The van der Waals surface area contributed by atoms with Gasteiger partial charge in [-0.05, 0) is 18.2 Å². The van der Waals surface area contributed by atoms with Crippen molar-refractivity contribution >= 4 is 28.8 Å². The van der Waals surface area contributed by atoms with E-state index in [-0.39, 0.29) is 5.69 Å². The molecule has 0 atom stereocenters. The van der Waals surface area contributed by atoms with Crippen LogP contribution in [0, 0.1) is 0 Å². The van der Waals surface area contributed by atoms with E-state index in [0.29, 0.717) is 27.5 Å². The number of halogens is 1. The van der Waals surface area contributed by atoms with E-state index in [9.17, 15) is 9.59 Å². The molecule has 1 aliphatic rings. The fraction of sp³-hybridized carbons (Fsp3) is 0. The molecule has 1 aromatic carbocycles. The number of Topliss-reactive ketones (excluding diaryl/α,β-unsaturated/α-hetero) is 2. The molecule has 3 aromatic rings. The number of imidazole rings is 1. The third kappa shape index (κ3) is 1.29. The van der Waals surface area contributed by atoms with E-state index in [0.717, 1.165) is 0 Å². The molecule has 2 heterocycles. The normalized spacial score (nSPS) is 13.4. The van der Waals surface area contributed by atoms with E-state index in [4.69, 9.17) is 11.6 Å². The molecule has 4 nitrogen and oxygen atoms in total. The molecule has 20 heavy (non-hydrogen) atoms. The maximum atomic E-state index is 12.3. The van der Waals surface area contributed by atoms with Crippen molar-refractivity contribution in [2.24, 2.45) is 0 Å². The maximum Gasteiger partial charge on any atom is 0.252 e. The van der Waals surface area contributed by atoms with Crippen molar-refractivity contribution in [2.75, 3.05) is 0 Å². The molecule has 0 unspecified atom stereocenters. The Morgan fingerprint density at radius 3 is 2.70 bits per heavy atom. The second-order valence-electron chi connectivity index (χ2n) is 4.56. The minimum atomic E-state index is -0.548. The van der Waals surface area contributed by atoms with Gasteiger partial charge in [0.2, 0.25) is 5.78 Å². The van der Waals surface area contributed by atoms with Gasteiger partial charge in [0, 0.05) is 17.3 Å². The molecule has 0 saturated carbocycles. The average molecular weight is 283 g/mol. The van der Waals surface area contributed by atoms with Crippen LogP contribution in [-0.4, -0.2) is 21.0 Å². The van der Waals surface area contributed by atoms with Crippen LogP contribution < -0.4 is 0 Å². The molecule has 0 N–H and O–H groups in total. The molecular formula is C15H7ClN2O2. The Kier molecular flexibility index (Phi) is 2.15.